The summed E-state index contributed by atoms with van der Waals surface area (Å²) in [5, 5.41) is 0. The Morgan fingerprint density at radius 1 is 1.40 bits per heavy atom. The second-order valence-corrected chi connectivity index (χ2v) is 3.73. The molecule has 1 amide bonds. The van der Waals surface area contributed by atoms with E-state index in [4.69, 9.17) is 0 Å². The molecule has 1 fully saturated rings. The predicted octanol–water partition coefficient (Wildman–Crippen LogP) is -0.0130. The molecule has 1 aliphatic rings. The van der Waals surface area contributed by atoms with Gasteiger partial charge in [0.2, 0.25) is 5.91 Å². The molecule has 1 atom stereocenters. The first-order valence-electron chi connectivity index (χ1n) is 4.89. The molecule has 15 heavy (non-hydrogen) atoms. The minimum Gasteiger partial charge on any atom is -0.469 e. The topological polar surface area (TPSA) is 63.7 Å². The van der Waals surface area contributed by atoms with Crippen molar-refractivity contribution in [2.75, 3.05) is 20.2 Å². The molecule has 0 bridgehead atoms. The molecule has 0 radical (unpaired) electrons. The Hall–Kier alpha value is -1.39. The number of likely N-dealkylation sites (tertiary alicyclic amines) is 1. The maximum atomic E-state index is 11.5. The molecule has 1 rings (SSSR count). The second kappa shape index (κ2) is 4.91. The number of carbonyl (C=O) groups is 3. The van der Waals surface area contributed by atoms with Crippen LogP contribution < -0.4 is 0 Å². The van der Waals surface area contributed by atoms with Crippen molar-refractivity contribution in [3.05, 3.63) is 0 Å². The van der Waals surface area contributed by atoms with E-state index in [9.17, 15) is 14.4 Å². The van der Waals surface area contributed by atoms with Crippen molar-refractivity contribution in [1.82, 2.24) is 4.90 Å². The van der Waals surface area contributed by atoms with Gasteiger partial charge in [0, 0.05) is 13.1 Å². The highest BCUT2D eigenvalue weighted by Crippen LogP contribution is 2.18. The predicted molar refractivity (Wildman–Crippen MR) is 52.0 cm³/mol. The summed E-state index contributed by atoms with van der Waals surface area (Å²) in [5.41, 5.74) is 0. The zero-order chi connectivity index (χ0) is 11.4. The number of carbonyl (C=O) groups excluding carboxylic acids is 3. The number of nitrogens with zero attached hydrogens (tertiary/aromatic N) is 1. The van der Waals surface area contributed by atoms with Crippen LogP contribution in [0.4, 0.5) is 0 Å². The highest BCUT2D eigenvalue weighted by Gasteiger charge is 2.31. The van der Waals surface area contributed by atoms with Gasteiger partial charge < -0.3 is 9.64 Å². The maximum Gasteiger partial charge on any atom is 0.310 e. The van der Waals surface area contributed by atoms with E-state index in [-0.39, 0.29) is 30.0 Å². The first-order valence-corrected chi connectivity index (χ1v) is 4.89. The van der Waals surface area contributed by atoms with Crippen LogP contribution in [0.15, 0.2) is 0 Å². The Morgan fingerprint density at radius 3 is 2.60 bits per heavy atom. The first-order chi connectivity index (χ1) is 7.04. The van der Waals surface area contributed by atoms with Crippen LogP contribution in [0, 0.1) is 5.92 Å². The summed E-state index contributed by atoms with van der Waals surface area (Å²) in [4.78, 5) is 34.9. The Balaban J connectivity index is 2.45. The van der Waals surface area contributed by atoms with Crippen LogP contribution >= 0.6 is 0 Å². The van der Waals surface area contributed by atoms with Crippen molar-refractivity contribution in [3.63, 3.8) is 0 Å². The summed E-state index contributed by atoms with van der Waals surface area (Å²) in [6.07, 6.45) is 0.546. The van der Waals surface area contributed by atoms with E-state index in [1.54, 1.807) is 4.90 Å². The molecule has 0 aromatic heterocycles. The Labute approximate surface area is 88.4 Å². The normalized spacial score (nSPS) is 20.1. The Bertz CT molecular complexity index is 287. The minimum atomic E-state index is -0.284. The third-order valence-electron chi connectivity index (χ3n) is 2.48. The van der Waals surface area contributed by atoms with Crippen molar-refractivity contribution < 1.29 is 19.1 Å². The average Bonchev–Trinajstić information content (AvgIpc) is 2.64. The van der Waals surface area contributed by atoms with Crippen molar-refractivity contribution in [3.8, 4) is 0 Å². The molecule has 0 spiro atoms. The molecule has 0 N–H and O–H groups in total. The average molecular weight is 213 g/mol. The van der Waals surface area contributed by atoms with Gasteiger partial charge in [-0.15, -0.1) is 0 Å². The van der Waals surface area contributed by atoms with Crippen molar-refractivity contribution in [2.45, 2.75) is 19.8 Å². The molecule has 1 saturated heterocycles. The zero-order valence-corrected chi connectivity index (χ0v) is 8.99. The summed E-state index contributed by atoms with van der Waals surface area (Å²) in [6.45, 7) is 2.29. The van der Waals surface area contributed by atoms with E-state index in [2.05, 4.69) is 4.74 Å². The molecule has 1 aliphatic heterocycles. The highest BCUT2D eigenvalue weighted by molar-refractivity contribution is 5.97. The summed E-state index contributed by atoms with van der Waals surface area (Å²) >= 11 is 0. The lowest BCUT2D eigenvalue weighted by Gasteiger charge is -2.14. The van der Waals surface area contributed by atoms with E-state index in [1.165, 1.54) is 14.0 Å². The largest absolute Gasteiger partial charge is 0.469 e. The third kappa shape index (κ3) is 3.04. The number of ether oxygens (including phenoxy) is 1. The lowest BCUT2D eigenvalue weighted by Crippen LogP contribution is -2.31. The van der Waals surface area contributed by atoms with Crippen LogP contribution in [0.1, 0.15) is 19.8 Å². The van der Waals surface area contributed by atoms with Crippen LogP contribution in [-0.2, 0) is 19.1 Å². The number of hydrogen-bond donors (Lipinski definition) is 0. The van der Waals surface area contributed by atoms with Gasteiger partial charge in [0.1, 0.15) is 5.78 Å². The van der Waals surface area contributed by atoms with Gasteiger partial charge in [0.05, 0.1) is 19.4 Å². The molecule has 84 valence electrons. The third-order valence-corrected chi connectivity index (χ3v) is 2.48. The maximum absolute atomic E-state index is 11.5. The molecular weight excluding hydrogens is 198 g/mol. The second-order valence-electron chi connectivity index (χ2n) is 3.73. The lowest BCUT2D eigenvalue weighted by molar-refractivity contribution is -0.145. The Morgan fingerprint density at radius 2 is 2.07 bits per heavy atom. The van der Waals surface area contributed by atoms with E-state index in [1.807, 2.05) is 0 Å². The van der Waals surface area contributed by atoms with Crippen LogP contribution in [0.2, 0.25) is 0 Å². The monoisotopic (exact) mass is 213 g/mol. The fourth-order valence-corrected chi connectivity index (χ4v) is 1.67. The summed E-state index contributed by atoms with van der Waals surface area (Å²) < 4.78 is 4.60. The van der Waals surface area contributed by atoms with E-state index in [0.717, 1.165) is 0 Å². The summed E-state index contributed by atoms with van der Waals surface area (Å²) in [5.74, 6) is -0.866. The SMILES string of the molecule is COC(=O)C1CCN(C(=O)CC(C)=O)C1. The highest BCUT2D eigenvalue weighted by atomic mass is 16.5. The number of ketones is 1. The fourth-order valence-electron chi connectivity index (χ4n) is 1.67. The molecule has 0 saturated carbocycles. The molecule has 1 heterocycles. The molecule has 1 unspecified atom stereocenters. The van der Waals surface area contributed by atoms with Gasteiger partial charge in [-0.25, -0.2) is 0 Å². The van der Waals surface area contributed by atoms with Crippen molar-refractivity contribution in [1.29, 1.82) is 0 Å². The molecular formula is C10H15NO4. The van der Waals surface area contributed by atoms with Crippen LogP contribution in [0.25, 0.3) is 0 Å². The molecule has 0 aromatic rings. The number of Topliss-reactive ketones (excluding diaryl/α,β-unsaturated/α-hetero) is 1. The number of methoxy groups -OCH3 is 1. The minimum absolute atomic E-state index is 0.0755. The van der Waals surface area contributed by atoms with Gasteiger partial charge in [-0.1, -0.05) is 0 Å². The van der Waals surface area contributed by atoms with Gasteiger partial charge in [-0.05, 0) is 13.3 Å². The molecule has 5 nitrogen and oxygen atoms in total. The van der Waals surface area contributed by atoms with Crippen molar-refractivity contribution in [2.24, 2.45) is 5.92 Å². The van der Waals surface area contributed by atoms with Gasteiger partial charge in [-0.2, -0.15) is 0 Å². The van der Waals surface area contributed by atoms with E-state index in [0.29, 0.717) is 19.5 Å². The number of hydrogen-bond acceptors (Lipinski definition) is 4. The van der Waals surface area contributed by atoms with E-state index >= 15 is 0 Å². The summed E-state index contributed by atoms with van der Waals surface area (Å²) in [6, 6.07) is 0. The van der Waals surface area contributed by atoms with Crippen LogP contribution in [0.3, 0.4) is 0 Å². The molecule has 5 heteroatoms. The Kier molecular flexibility index (Phi) is 3.82. The number of rotatable bonds is 3. The van der Waals surface area contributed by atoms with Crippen molar-refractivity contribution >= 4 is 17.7 Å². The molecule has 0 aliphatic carbocycles. The summed E-state index contributed by atoms with van der Waals surface area (Å²) in [7, 11) is 1.34. The van der Waals surface area contributed by atoms with Gasteiger partial charge in [0.25, 0.3) is 0 Å². The smallest absolute Gasteiger partial charge is 0.310 e. The van der Waals surface area contributed by atoms with Gasteiger partial charge in [-0.3, -0.25) is 14.4 Å². The molecule has 0 aromatic carbocycles. The fraction of sp³-hybridized carbons (Fsp3) is 0.700. The number of amides is 1. The zero-order valence-electron chi connectivity index (χ0n) is 8.99. The lowest BCUT2D eigenvalue weighted by atomic mass is 10.1. The standard InChI is InChI=1S/C10H15NO4/c1-7(12)5-9(13)11-4-3-8(6-11)10(14)15-2/h8H,3-6H2,1-2H3. The first kappa shape index (κ1) is 11.7. The quantitative estimate of drug-likeness (QED) is 0.488. The van der Waals surface area contributed by atoms with E-state index < -0.39 is 0 Å². The van der Waals surface area contributed by atoms with Crippen LogP contribution in [0.5, 0.6) is 0 Å². The number of esters is 1. The van der Waals surface area contributed by atoms with Gasteiger partial charge >= 0.3 is 5.97 Å². The van der Waals surface area contributed by atoms with Gasteiger partial charge in [0.15, 0.2) is 0 Å². The van der Waals surface area contributed by atoms with Crippen LogP contribution in [-0.4, -0.2) is 42.8 Å².